The number of carbonyl (C=O) groups is 1. The third-order valence-electron chi connectivity index (χ3n) is 3.04. The van der Waals surface area contributed by atoms with Crippen molar-refractivity contribution >= 4 is 5.97 Å². The Morgan fingerprint density at radius 1 is 1.10 bits per heavy atom. The molecule has 0 saturated carbocycles. The van der Waals surface area contributed by atoms with E-state index in [1.165, 1.54) is 0 Å². The monoisotopic (exact) mass is 285 g/mol. The number of carboxylic acid groups (broad SMARTS) is 1. The van der Waals surface area contributed by atoms with Gasteiger partial charge in [0.05, 0.1) is 6.42 Å². The van der Waals surface area contributed by atoms with Crippen LogP contribution < -0.4 is 4.74 Å². The Morgan fingerprint density at radius 3 is 2.52 bits per heavy atom. The Morgan fingerprint density at radius 2 is 1.81 bits per heavy atom. The van der Waals surface area contributed by atoms with Gasteiger partial charge in [-0.25, -0.2) is 0 Å². The van der Waals surface area contributed by atoms with E-state index < -0.39 is 5.97 Å². The lowest BCUT2D eigenvalue weighted by molar-refractivity contribution is -0.137. The van der Waals surface area contributed by atoms with Crippen molar-refractivity contribution < 1.29 is 14.6 Å². The summed E-state index contributed by atoms with van der Waals surface area (Å²) in [4.78, 5) is 12.5. The fourth-order valence-corrected chi connectivity index (χ4v) is 2.01. The molecule has 0 unspecified atom stereocenters. The van der Waals surface area contributed by atoms with Gasteiger partial charge in [0.1, 0.15) is 11.5 Å². The summed E-state index contributed by atoms with van der Waals surface area (Å²) < 4.78 is 5.79. The first-order valence-corrected chi connectivity index (χ1v) is 6.85. The first-order valence-electron chi connectivity index (χ1n) is 6.85. The molecular formula is C17H19NO3. The summed E-state index contributed by atoms with van der Waals surface area (Å²) in [7, 11) is 1.91. The molecule has 2 rings (SSSR count). The van der Waals surface area contributed by atoms with Crippen LogP contribution in [0.2, 0.25) is 0 Å². The van der Waals surface area contributed by atoms with Crippen molar-refractivity contribution in [1.82, 2.24) is 4.90 Å². The fourth-order valence-electron chi connectivity index (χ4n) is 2.01. The number of rotatable bonds is 7. The maximum absolute atomic E-state index is 10.6. The van der Waals surface area contributed by atoms with E-state index in [0.717, 1.165) is 17.1 Å². The minimum atomic E-state index is -0.775. The van der Waals surface area contributed by atoms with Crippen LogP contribution >= 0.6 is 0 Å². The summed E-state index contributed by atoms with van der Waals surface area (Å²) in [6.45, 7) is 1.22. The smallest absolute Gasteiger partial charge is 0.304 e. The van der Waals surface area contributed by atoms with Crippen LogP contribution in [-0.2, 0) is 11.3 Å². The lowest BCUT2D eigenvalue weighted by Crippen LogP contribution is -2.21. The van der Waals surface area contributed by atoms with E-state index in [1.807, 2.05) is 66.5 Å². The average Bonchev–Trinajstić information content (AvgIpc) is 2.46. The van der Waals surface area contributed by atoms with Crippen molar-refractivity contribution in [3.8, 4) is 11.5 Å². The van der Waals surface area contributed by atoms with Gasteiger partial charge >= 0.3 is 5.97 Å². The number of aliphatic carboxylic acids is 1. The molecule has 1 N–H and O–H groups in total. The molecule has 0 aromatic heterocycles. The van der Waals surface area contributed by atoms with Crippen molar-refractivity contribution in [1.29, 1.82) is 0 Å². The quantitative estimate of drug-likeness (QED) is 0.847. The van der Waals surface area contributed by atoms with Crippen molar-refractivity contribution in [3.63, 3.8) is 0 Å². The predicted octanol–water partition coefficient (Wildman–Crippen LogP) is 3.39. The molecule has 2 aromatic carbocycles. The largest absolute Gasteiger partial charge is 0.481 e. The van der Waals surface area contributed by atoms with Crippen LogP contribution in [-0.4, -0.2) is 29.6 Å². The fraction of sp³-hybridized carbons (Fsp3) is 0.235. The van der Waals surface area contributed by atoms with Gasteiger partial charge in [-0.3, -0.25) is 4.79 Å². The summed E-state index contributed by atoms with van der Waals surface area (Å²) in [6, 6.07) is 17.5. The lowest BCUT2D eigenvalue weighted by atomic mass is 10.2. The highest BCUT2D eigenvalue weighted by Gasteiger charge is 2.05. The molecule has 4 nitrogen and oxygen atoms in total. The van der Waals surface area contributed by atoms with E-state index in [0.29, 0.717) is 13.1 Å². The second-order valence-corrected chi connectivity index (χ2v) is 4.94. The molecule has 0 atom stereocenters. The summed E-state index contributed by atoms with van der Waals surface area (Å²) >= 11 is 0. The van der Waals surface area contributed by atoms with Gasteiger partial charge in [-0.15, -0.1) is 0 Å². The molecule has 0 radical (unpaired) electrons. The van der Waals surface area contributed by atoms with Gasteiger partial charge in [0.15, 0.2) is 0 Å². The number of para-hydroxylation sites is 1. The average molecular weight is 285 g/mol. The molecule has 0 fully saturated rings. The van der Waals surface area contributed by atoms with Gasteiger partial charge in [0.2, 0.25) is 0 Å². The number of carboxylic acids is 1. The summed E-state index contributed by atoms with van der Waals surface area (Å²) in [5.74, 6) is 0.808. The van der Waals surface area contributed by atoms with Crippen molar-refractivity contribution in [2.75, 3.05) is 13.6 Å². The minimum Gasteiger partial charge on any atom is -0.481 e. The highest BCUT2D eigenvalue weighted by Crippen LogP contribution is 2.22. The molecule has 0 aliphatic heterocycles. The zero-order valence-corrected chi connectivity index (χ0v) is 12.0. The van der Waals surface area contributed by atoms with Gasteiger partial charge < -0.3 is 14.7 Å². The van der Waals surface area contributed by atoms with Crippen molar-refractivity contribution in [3.05, 3.63) is 60.2 Å². The number of hydrogen-bond acceptors (Lipinski definition) is 3. The van der Waals surface area contributed by atoms with Crippen LogP contribution in [0.5, 0.6) is 11.5 Å². The highest BCUT2D eigenvalue weighted by molar-refractivity contribution is 5.66. The summed E-state index contributed by atoms with van der Waals surface area (Å²) in [5.41, 5.74) is 1.09. The van der Waals surface area contributed by atoms with Gasteiger partial charge in [0.25, 0.3) is 0 Å². The number of hydrogen-bond donors (Lipinski definition) is 1. The normalized spacial score (nSPS) is 10.6. The van der Waals surface area contributed by atoms with E-state index in [4.69, 9.17) is 9.84 Å². The third kappa shape index (κ3) is 5.28. The van der Waals surface area contributed by atoms with Crippen LogP contribution in [0.1, 0.15) is 12.0 Å². The van der Waals surface area contributed by atoms with Gasteiger partial charge in [-0.05, 0) is 36.9 Å². The molecule has 0 bridgehead atoms. The maximum atomic E-state index is 10.6. The second-order valence-electron chi connectivity index (χ2n) is 4.94. The third-order valence-corrected chi connectivity index (χ3v) is 3.04. The first kappa shape index (κ1) is 15.1. The van der Waals surface area contributed by atoms with Crippen LogP contribution in [0.15, 0.2) is 54.6 Å². The maximum Gasteiger partial charge on any atom is 0.304 e. The topological polar surface area (TPSA) is 49.8 Å². The predicted molar refractivity (Wildman–Crippen MR) is 81.5 cm³/mol. The van der Waals surface area contributed by atoms with Gasteiger partial charge in [-0.1, -0.05) is 30.3 Å². The van der Waals surface area contributed by atoms with E-state index in [1.54, 1.807) is 0 Å². The molecule has 0 heterocycles. The zero-order valence-electron chi connectivity index (χ0n) is 12.0. The molecule has 0 aliphatic rings. The molecule has 0 spiro atoms. The molecule has 4 heteroatoms. The highest BCUT2D eigenvalue weighted by atomic mass is 16.5. The SMILES string of the molecule is CN(CCC(=O)O)Cc1cccc(Oc2ccccc2)c1. The molecular weight excluding hydrogens is 266 g/mol. The van der Waals surface area contributed by atoms with Crippen LogP contribution in [0, 0.1) is 0 Å². The van der Waals surface area contributed by atoms with Gasteiger partial charge in [-0.2, -0.15) is 0 Å². The lowest BCUT2D eigenvalue weighted by Gasteiger charge is -2.16. The minimum absolute atomic E-state index is 0.150. The molecule has 21 heavy (non-hydrogen) atoms. The number of ether oxygens (including phenoxy) is 1. The molecule has 0 amide bonds. The molecule has 0 saturated heterocycles. The van der Waals surface area contributed by atoms with E-state index >= 15 is 0 Å². The standard InChI is InChI=1S/C17H19NO3/c1-18(11-10-17(19)20)13-14-6-5-9-16(12-14)21-15-7-3-2-4-8-15/h2-9,12H,10-11,13H2,1H3,(H,19,20). The Bertz CT molecular complexity index is 584. The van der Waals surface area contributed by atoms with E-state index in [9.17, 15) is 4.79 Å². The molecule has 2 aromatic rings. The second kappa shape index (κ2) is 7.45. The van der Waals surface area contributed by atoms with E-state index in [2.05, 4.69) is 0 Å². The molecule has 0 aliphatic carbocycles. The van der Waals surface area contributed by atoms with Crippen molar-refractivity contribution in [2.24, 2.45) is 0 Å². The Labute approximate surface area is 124 Å². The molecule has 110 valence electrons. The summed E-state index contributed by atoms with van der Waals surface area (Å²) in [5, 5.41) is 8.69. The first-order chi connectivity index (χ1) is 10.1. The van der Waals surface area contributed by atoms with Gasteiger partial charge in [0, 0.05) is 13.1 Å². The Balaban J connectivity index is 1.96. The Hall–Kier alpha value is -2.33. The van der Waals surface area contributed by atoms with E-state index in [-0.39, 0.29) is 6.42 Å². The zero-order chi connectivity index (χ0) is 15.1. The van der Waals surface area contributed by atoms with Crippen LogP contribution in [0.3, 0.4) is 0 Å². The van der Waals surface area contributed by atoms with Crippen molar-refractivity contribution in [2.45, 2.75) is 13.0 Å². The van der Waals surface area contributed by atoms with Crippen LogP contribution in [0.25, 0.3) is 0 Å². The summed E-state index contributed by atoms with van der Waals surface area (Å²) in [6.07, 6.45) is 0.150. The van der Waals surface area contributed by atoms with Crippen LogP contribution in [0.4, 0.5) is 0 Å². The number of nitrogens with zero attached hydrogens (tertiary/aromatic N) is 1. The number of benzene rings is 2. The Kier molecular flexibility index (Phi) is 5.35.